The molecule has 1 atom stereocenters. The van der Waals surface area contributed by atoms with Gasteiger partial charge in [-0.2, -0.15) is 0 Å². The summed E-state index contributed by atoms with van der Waals surface area (Å²) in [5.41, 5.74) is 16.1. The summed E-state index contributed by atoms with van der Waals surface area (Å²) in [6.45, 7) is 11.0. The topological polar surface area (TPSA) is 123 Å². The maximum atomic E-state index is 10.7. The Bertz CT molecular complexity index is 777. The zero-order valence-corrected chi connectivity index (χ0v) is 18.2. The zero-order valence-electron chi connectivity index (χ0n) is 17.4. The molecule has 0 fully saturated rings. The van der Waals surface area contributed by atoms with Crippen LogP contribution in [-0.2, 0) is 11.2 Å². The Labute approximate surface area is 171 Å². The molecule has 0 saturated carbocycles. The lowest BCUT2D eigenvalue weighted by molar-refractivity contribution is -0.138. The molecule has 0 saturated heterocycles. The van der Waals surface area contributed by atoms with Crippen LogP contribution in [0.25, 0.3) is 0 Å². The van der Waals surface area contributed by atoms with Gasteiger partial charge in [0.25, 0.3) is 0 Å². The minimum atomic E-state index is -0.994. The van der Waals surface area contributed by atoms with Crippen molar-refractivity contribution in [1.82, 2.24) is 4.72 Å². The first-order valence-electron chi connectivity index (χ1n) is 9.56. The lowest BCUT2D eigenvalue weighted by atomic mass is 9.88. The van der Waals surface area contributed by atoms with Crippen molar-refractivity contribution >= 4 is 23.9 Å². The third-order valence-electron chi connectivity index (χ3n) is 5.20. The second-order valence-electron chi connectivity index (χ2n) is 7.93. The van der Waals surface area contributed by atoms with Gasteiger partial charge in [-0.3, -0.25) is 14.5 Å². The number of aliphatic imine (C=N–C) groups is 1. The Morgan fingerprint density at radius 1 is 1.32 bits per heavy atom. The average Bonchev–Trinajstić information content (AvgIpc) is 2.62. The number of nitrogens with two attached hydrogens (primary N) is 2. The number of ether oxygens (including phenoxy) is 1. The molecule has 0 aliphatic carbocycles. The molecule has 6 N–H and O–H groups in total. The van der Waals surface area contributed by atoms with Crippen molar-refractivity contribution < 1.29 is 14.6 Å². The number of carboxylic acid groups (broad SMARTS) is 1. The fourth-order valence-electron chi connectivity index (χ4n) is 3.27. The fraction of sp³-hybridized carbons (Fsp3) is 0.600. The van der Waals surface area contributed by atoms with E-state index in [0.29, 0.717) is 25.3 Å². The standard InChI is InChI=1S/C20H32N4O3S/c1-11-12(2)17(13(3)14-8-9-20(4,5)27-16(11)14)28-24-19(22)23-10-6-7-15(21)18(25)26/h15H,6-10,21H2,1-5H3,(H,25,26)(H3,22,23,24). The predicted octanol–water partition coefficient (Wildman–Crippen LogP) is 2.82. The molecule has 2 rings (SSSR count). The van der Waals surface area contributed by atoms with Crippen molar-refractivity contribution in [3.05, 3.63) is 22.3 Å². The van der Waals surface area contributed by atoms with Crippen molar-refractivity contribution in [3.63, 3.8) is 0 Å². The lowest BCUT2D eigenvalue weighted by Gasteiger charge is -2.35. The molecule has 7 nitrogen and oxygen atoms in total. The number of carbonyl (C=O) groups is 1. The van der Waals surface area contributed by atoms with Crippen LogP contribution in [-0.4, -0.2) is 35.2 Å². The Morgan fingerprint density at radius 3 is 2.64 bits per heavy atom. The molecule has 1 aromatic rings. The molecule has 0 spiro atoms. The number of nitrogens with zero attached hydrogens (tertiary/aromatic N) is 1. The lowest BCUT2D eigenvalue weighted by Crippen LogP contribution is -2.33. The normalized spacial score (nSPS) is 16.9. The van der Waals surface area contributed by atoms with Gasteiger partial charge in [0.1, 0.15) is 17.4 Å². The predicted molar refractivity (Wildman–Crippen MR) is 114 cm³/mol. The van der Waals surface area contributed by atoms with Crippen LogP contribution in [0.1, 0.15) is 55.4 Å². The number of hydrogen-bond acceptors (Lipinski definition) is 5. The van der Waals surface area contributed by atoms with Gasteiger partial charge in [-0.1, -0.05) is 0 Å². The van der Waals surface area contributed by atoms with Gasteiger partial charge < -0.3 is 21.3 Å². The summed E-state index contributed by atoms with van der Waals surface area (Å²) < 4.78 is 9.36. The summed E-state index contributed by atoms with van der Waals surface area (Å²) in [6, 6.07) is -0.852. The molecule has 28 heavy (non-hydrogen) atoms. The van der Waals surface area contributed by atoms with Gasteiger partial charge in [0.15, 0.2) is 5.96 Å². The summed E-state index contributed by atoms with van der Waals surface area (Å²) in [5, 5.41) is 8.78. The molecule has 0 amide bonds. The summed E-state index contributed by atoms with van der Waals surface area (Å²) >= 11 is 1.46. The molecule has 1 unspecified atom stereocenters. The number of benzene rings is 1. The molecule has 0 radical (unpaired) electrons. The van der Waals surface area contributed by atoms with E-state index < -0.39 is 12.0 Å². The molecule has 0 aromatic heterocycles. The first kappa shape index (κ1) is 22.4. The number of carboxylic acids is 1. The van der Waals surface area contributed by atoms with Crippen LogP contribution in [0.4, 0.5) is 0 Å². The highest BCUT2D eigenvalue weighted by atomic mass is 32.2. The molecule has 1 aromatic carbocycles. The second-order valence-corrected chi connectivity index (χ2v) is 8.75. The Hall–Kier alpha value is -1.93. The van der Waals surface area contributed by atoms with Crippen LogP contribution in [0.2, 0.25) is 0 Å². The number of fused-ring (bicyclic) bond motifs is 1. The van der Waals surface area contributed by atoms with Gasteiger partial charge in [0, 0.05) is 11.4 Å². The largest absolute Gasteiger partial charge is 0.487 e. The van der Waals surface area contributed by atoms with Crippen LogP contribution in [0.3, 0.4) is 0 Å². The van der Waals surface area contributed by atoms with E-state index in [0.717, 1.165) is 29.1 Å². The van der Waals surface area contributed by atoms with Crippen LogP contribution in [0, 0.1) is 20.8 Å². The maximum Gasteiger partial charge on any atom is 0.320 e. The second kappa shape index (κ2) is 9.05. The van der Waals surface area contributed by atoms with Crippen molar-refractivity contribution in [3.8, 4) is 5.75 Å². The van der Waals surface area contributed by atoms with E-state index in [4.69, 9.17) is 21.3 Å². The van der Waals surface area contributed by atoms with Gasteiger partial charge in [-0.05, 0) is 94.5 Å². The SMILES string of the molecule is Cc1c(C)c(SNC(N)=NCCCC(N)C(=O)O)c(C)c2c1OC(C)(C)CC2. The Morgan fingerprint density at radius 2 is 2.00 bits per heavy atom. The van der Waals surface area contributed by atoms with Gasteiger partial charge >= 0.3 is 5.97 Å². The number of rotatable bonds is 7. The van der Waals surface area contributed by atoms with E-state index in [2.05, 4.69) is 44.3 Å². The number of guanidine groups is 1. The van der Waals surface area contributed by atoms with Gasteiger partial charge in [0.05, 0.1) is 0 Å². The van der Waals surface area contributed by atoms with Crippen molar-refractivity contribution in [2.75, 3.05) is 6.54 Å². The summed E-state index contributed by atoms with van der Waals surface area (Å²) in [7, 11) is 0. The third-order valence-corrected chi connectivity index (χ3v) is 6.32. The molecule has 0 bridgehead atoms. The van der Waals surface area contributed by atoms with E-state index in [1.807, 2.05) is 0 Å². The smallest absolute Gasteiger partial charge is 0.320 e. The highest BCUT2D eigenvalue weighted by molar-refractivity contribution is 7.98. The Kier molecular flexibility index (Phi) is 7.22. The number of aliphatic carboxylic acids is 1. The minimum absolute atomic E-state index is 0.135. The molecule has 1 aliphatic rings. The highest BCUT2D eigenvalue weighted by Gasteiger charge is 2.30. The van der Waals surface area contributed by atoms with Crippen molar-refractivity contribution in [2.45, 2.75) is 76.8 Å². The Balaban J connectivity index is 2.04. The minimum Gasteiger partial charge on any atom is -0.487 e. The van der Waals surface area contributed by atoms with Gasteiger partial charge in [-0.15, -0.1) is 0 Å². The monoisotopic (exact) mass is 408 g/mol. The average molecular weight is 409 g/mol. The summed E-state index contributed by atoms with van der Waals surface area (Å²) in [5.74, 6) is 0.346. The van der Waals surface area contributed by atoms with E-state index in [9.17, 15) is 4.79 Å². The molecule has 1 aliphatic heterocycles. The van der Waals surface area contributed by atoms with E-state index >= 15 is 0 Å². The van der Waals surface area contributed by atoms with Crippen LogP contribution in [0.5, 0.6) is 5.75 Å². The fourth-order valence-corrected chi connectivity index (χ4v) is 4.12. The number of hydrogen-bond donors (Lipinski definition) is 4. The first-order chi connectivity index (χ1) is 13.0. The number of nitrogens with one attached hydrogen (secondary N) is 1. The highest BCUT2D eigenvalue weighted by Crippen LogP contribution is 2.43. The molecule has 8 heteroatoms. The maximum absolute atomic E-state index is 10.7. The van der Waals surface area contributed by atoms with E-state index in [1.54, 1.807) is 0 Å². The first-order valence-corrected chi connectivity index (χ1v) is 10.4. The molecular formula is C20H32N4O3S. The van der Waals surface area contributed by atoms with Crippen LogP contribution >= 0.6 is 11.9 Å². The van der Waals surface area contributed by atoms with Crippen molar-refractivity contribution in [1.29, 1.82) is 0 Å². The third kappa shape index (κ3) is 5.32. The summed E-state index contributed by atoms with van der Waals surface area (Å²) in [4.78, 5) is 16.1. The van der Waals surface area contributed by atoms with Gasteiger partial charge in [-0.25, -0.2) is 0 Å². The zero-order chi connectivity index (χ0) is 21.1. The van der Waals surface area contributed by atoms with E-state index in [-0.39, 0.29) is 5.60 Å². The van der Waals surface area contributed by atoms with Crippen LogP contribution < -0.4 is 20.9 Å². The summed E-state index contributed by atoms with van der Waals surface area (Å²) in [6.07, 6.45) is 2.93. The molecular weight excluding hydrogens is 376 g/mol. The molecule has 1 heterocycles. The van der Waals surface area contributed by atoms with Gasteiger partial charge in [0.2, 0.25) is 0 Å². The molecule has 156 valence electrons. The van der Waals surface area contributed by atoms with Crippen molar-refractivity contribution in [2.24, 2.45) is 16.5 Å². The van der Waals surface area contributed by atoms with E-state index in [1.165, 1.54) is 28.6 Å². The quantitative estimate of drug-likeness (QED) is 0.237. The van der Waals surface area contributed by atoms with Crippen LogP contribution in [0.15, 0.2) is 9.89 Å².